The van der Waals surface area contributed by atoms with E-state index >= 15 is 0 Å². The number of carbonyl (C=O) groups is 2. The van der Waals surface area contributed by atoms with E-state index in [2.05, 4.69) is 0 Å². The number of hydrogen-bond acceptors (Lipinski definition) is 3. The van der Waals surface area contributed by atoms with E-state index in [-0.39, 0.29) is 17.3 Å². The molecule has 0 saturated carbocycles. The molecule has 0 fully saturated rings. The predicted molar refractivity (Wildman–Crippen MR) is 80.2 cm³/mol. The van der Waals surface area contributed by atoms with E-state index in [0.717, 1.165) is 0 Å². The summed E-state index contributed by atoms with van der Waals surface area (Å²) in [5.74, 6) is -1.90. The normalized spacial score (nSPS) is 15.1. The van der Waals surface area contributed by atoms with Crippen molar-refractivity contribution in [3.05, 3.63) is 23.3 Å². The average molecular weight is 300 g/mol. The van der Waals surface area contributed by atoms with Crippen LogP contribution in [0.4, 0.5) is 0 Å². The molecule has 0 aromatic heterocycles. The minimum atomic E-state index is -1.77. The maximum Gasteiger partial charge on any atom is 0.330 e. The van der Waals surface area contributed by atoms with Gasteiger partial charge in [0.2, 0.25) is 0 Å². The van der Waals surface area contributed by atoms with E-state index in [1.807, 2.05) is 19.6 Å². The molecule has 5 nitrogen and oxygen atoms in total. The monoisotopic (exact) mass is 300 g/mol. The van der Waals surface area contributed by atoms with Crippen LogP contribution in [0.5, 0.6) is 0 Å². The molecule has 0 heterocycles. The average Bonchev–Trinajstić information content (AvgIpc) is 2.29. The lowest BCUT2D eigenvalue weighted by Gasteiger charge is -2.25. The standard InChI is InChI=1S/C14H24O5Si/c1-10(13(15)16)6-8-12(19-20(3,4)5)9-7-11(2)14(17)18/h6-7,12H,8-9H2,1-5H3,(H,15,16)(H,17,18). The number of rotatable bonds is 8. The van der Waals surface area contributed by atoms with Crippen LogP contribution in [0.25, 0.3) is 0 Å². The van der Waals surface area contributed by atoms with Gasteiger partial charge in [-0.25, -0.2) is 9.59 Å². The molecule has 20 heavy (non-hydrogen) atoms. The van der Waals surface area contributed by atoms with Gasteiger partial charge >= 0.3 is 11.9 Å². The van der Waals surface area contributed by atoms with E-state index in [0.29, 0.717) is 12.8 Å². The van der Waals surface area contributed by atoms with E-state index in [9.17, 15) is 9.59 Å². The molecule has 0 aliphatic heterocycles. The van der Waals surface area contributed by atoms with Gasteiger partial charge in [-0.1, -0.05) is 12.2 Å². The van der Waals surface area contributed by atoms with Crippen LogP contribution in [0.15, 0.2) is 23.3 Å². The molecule has 0 saturated heterocycles. The van der Waals surface area contributed by atoms with Crippen LogP contribution in [0, 0.1) is 0 Å². The Morgan fingerprint density at radius 1 is 1.00 bits per heavy atom. The first kappa shape index (κ1) is 18.6. The summed E-state index contributed by atoms with van der Waals surface area (Å²) in [6.07, 6.45) is 3.98. The number of aliphatic carboxylic acids is 2. The zero-order valence-corrected chi connectivity index (χ0v) is 13.8. The van der Waals surface area contributed by atoms with Gasteiger partial charge in [-0.15, -0.1) is 0 Å². The zero-order chi connectivity index (χ0) is 15.9. The smallest absolute Gasteiger partial charge is 0.330 e. The Morgan fingerprint density at radius 3 is 1.60 bits per heavy atom. The van der Waals surface area contributed by atoms with Crippen molar-refractivity contribution < 1.29 is 24.2 Å². The number of carboxylic acid groups (broad SMARTS) is 2. The second-order valence-corrected chi connectivity index (χ2v) is 10.2. The summed E-state index contributed by atoms with van der Waals surface area (Å²) >= 11 is 0. The lowest BCUT2D eigenvalue weighted by Crippen LogP contribution is -2.31. The van der Waals surface area contributed by atoms with Gasteiger partial charge in [-0.3, -0.25) is 0 Å². The quantitative estimate of drug-likeness (QED) is 0.531. The van der Waals surface area contributed by atoms with Crippen LogP contribution >= 0.6 is 0 Å². The number of carboxylic acids is 2. The molecule has 0 unspecified atom stereocenters. The summed E-state index contributed by atoms with van der Waals surface area (Å²) in [5, 5.41) is 17.7. The molecule has 0 bridgehead atoms. The molecule has 0 atom stereocenters. The third-order valence-corrected chi connectivity index (χ3v) is 3.61. The van der Waals surface area contributed by atoms with Crippen molar-refractivity contribution in [2.24, 2.45) is 0 Å². The Labute approximate surface area is 121 Å². The molecule has 0 rings (SSSR count). The van der Waals surface area contributed by atoms with Gasteiger partial charge < -0.3 is 14.6 Å². The zero-order valence-electron chi connectivity index (χ0n) is 12.8. The van der Waals surface area contributed by atoms with E-state index in [1.54, 1.807) is 12.2 Å². The van der Waals surface area contributed by atoms with Crippen molar-refractivity contribution in [3.8, 4) is 0 Å². The van der Waals surface area contributed by atoms with Crippen molar-refractivity contribution in [3.63, 3.8) is 0 Å². The molecular formula is C14H24O5Si. The molecule has 0 radical (unpaired) electrons. The summed E-state index contributed by atoms with van der Waals surface area (Å²) in [6, 6.07) is 0. The van der Waals surface area contributed by atoms with E-state index < -0.39 is 20.3 Å². The molecule has 0 aromatic carbocycles. The first-order valence-electron chi connectivity index (χ1n) is 6.51. The van der Waals surface area contributed by atoms with Crippen LogP contribution in [0.3, 0.4) is 0 Å². The van der Waals surface area contributed by atoms with Crippen molar-refractivity contribution in [1.82, 2.24) is 0 Å². The SMILES string of the molecule is CC(=CCC(CC=C(C)C(=O)O)O[Si](C)(C)C)C(=O)O. The van der Waals surface area contributed by atoms with Crippen LogP contribution in [0.2, 0.25) is 19.6 Å². The summed E-state index contributed by atoms with van der Waals surface area (Å²) in [6.45, 7) is 9.20. The van der Waals surface area contributed by atoms with Gasteiger partial charge in [-0.2, -0.15) is 0 Å². The third kappa shape index (κ3) is 8.66. The van der Waals surface area contributed by atoms with Gasteiger partial charge in [0.05, 0.1) is 6.10 Å². The summed E-state index contributed by atoms with van der Waals surface area (Å²) < 4.78 is 5.96. The van der Waals surface area contributed by atoms with Crippen LogP contribution < -0.4 is 0 Å². The fourth-order valence-corrected chi connectivity index (χ4v) is 2.68. The Kier molecular flexibility index (Phi) is 7.45. The summed E-state index contributed by atoms with van der Waals surface area (Å²) in [5.41, 5.74) is 0.543. The van der Waals surface area contributed by atoms with Crippen LogP contribution in [0.1, 0.15) is 26.7 Å². The first-order chi connectivity index (χ1) is 9.03. The molecule has 0 spiro atoms. The minimum absolute atomic E-state index is 0.190. The van der Waals surface area contributed by atoms with Crippen molar-refractivity contribution in [2.75, 3.05) is 0 Å². The van der Waals surface area contributed by atoms with E-state index in [1.165, 1.54) is 13.8 Å². The largest absolute Gasteiger partial charge is 0.478 e. The van der Waals surface area contributed by atoms with Crippen LogP contribution in [-0.4, -0.2) is 36.6 Å². The second kappa shape index (κ2) is 8.01. The molecule has 0 aliphatic carbocycles. The highest BCUT2D eigenvalue weighted by atomic mass is 28.4. The van der Waals surface area contributed by atoms with Crippen molar-refractivity contribution >= 4 is 20.3 Å². The Balaban J connectivity index is 4.83. The van der Waals surface area contributed by atoms with Gasteiger partial charge in [-0.05, 0) is 46.3 Å². The third-order valence-electron chi connectivity index (χ3n) is 2.57. The fraction of sp³-hybridized carbons (Fsp3) is 0.571. The number of hydrogen-bond donors (Lipinski definition) is 2. The second-order valence-electron chi connectivity index (χ2n) is 5.71. The Morgan fingerprint density at radius 2 is 1.35 bits per heavy atom. The van der Waals surface area contributed by atoms with Gasteiger partial charge in [0, 0.05) is 11.1 Å². The van der Waals surface area contributed by atoms with Gasteiger partial charge in [0.1, 0.15) is 0 Å². The molecule has 2 N–H and O–H groups in total. The van der Waals surface area contributed by atoms with Gasteiger partial charge in [0.15, 0.2) is 8.32 Å². The maximum atomic E-state index is 10.8. The predicted octanol–water partition coefficient (Wildman–Crippen LogP) is 3.05. The maximum absolute atomic E-state index is 10.8. The highest BCUT2D eigenvalue weighted by Crippen LogP contribution is 2.16. The minimum Gasteiger partial charge on any atom is -0.478 e. The lowest BCUT2D eigenvalue weighted by atomic mass is 10.1. The fourth-order valence-electron chi connectivity index (χ4n) is 1.48. The first-order valence-corrected chi connectivity index (χ1v) is 9.91. The topological polar surface area (TPSA) is 83.8 Å². The lowest BCUT2D eigenvalue weighted by molar-refractivity contribution is -0.133. The molecule has 0 amide bonds. The van der Waals surface area contributed by atoms with Crippen molar-refractivity contribution in [2.45, 2.75) is 52.4 Å². The van der Waals surface area contributed by atoms with Crippen LogP contribution in [-0.2, 0) is 14.0 Å². The summed E-state index contributed by atoms with van der Waals surface area (Å²) in [4.78, 5) is 21.5. The highest BCUT2D eigenvalue weighted by Gasteiger charge is 2.20. The molecule has 6 heteroatoms. The highest BCUT2D eigenvalue weighted by molar-refractivity contribution is 6.69. The van der Waals surface area contributed by atoms with E-state index in [4.69, 9.17) is 14.6 Å². The van der Waals surface area contributed by atoms with Gasteiger partial charge in [0.25, 0.3) is 0 Å². The summed E-state index contributed by atoms with van der Waals surface area (Å²) in [7, 11) is -1.77. The van der Waals surface area contributed by atoms with Crippen molar-refractivity contribution in [1.29, 1.82) is 0 Å². The molecule has 114 valence electrons. The Bertz CT molecular complexity index is 386. The molecule has 0 aromatic rings. The Hall–Kier alpha value is -1.40. The molecule has 0 aliphatic rings. The molecular weight excluding hydrogens is 276 g/mol.